The zero-order chi connectivity index (χ0) is 15.9. The van der Waals surface area contributed by atoms with Gasteiger partial charge >= 0.3 is 11.9 Å². The summed E-state index contributed by atoms with van der Waals surface area (Å²) in [6.45, 7) is 1.52. The van der Waals surface area contributed by atoms with Crippen molar-refractivity contribution in [3.05, 3.63) is 53.2 Å². The maximum atomic E-state index is 11.7. The monoisotopic (exact) mass is 313 g/mol. The molecule has 0 saturated carbocycles. The molecule has 0 unspecified atom stereocenters. The number of hydrogen-bond donors (Lipinski definition) is 2. The van der Waals surface area contributed by atoms with E-state index >= 15 is 0 Å². The fourth-order valence-electron chi connectivity index (χ4n) is 2.57. The Morgan fingerprint density at radius 3 is 2.50 bits per heavy atom. The van der Waals surface area contributed by atoms with Gasteiger partial charge in [0.15, 0.2) is 0 Å². The summed E-state index contributed by atoms with van der Waals surface area (Å²) in [5, 5.41) is 19.6. The molecule has 0 aliphatic heterocycles. The highest BCUT2D eigenvalue weighted by Crippen LogP contribution is 2.34. The topological polar surface area (TPSA) is 87.5 Å². The standard InChI is InChI=1S/C16H11NO4S/c1-8-9(15(18)19)5-6-11(14(8)16(20)21)10-3-2-4-13-12(10)7-17-22-13/h2-7H,1H3,(H,18,19)(H,20,21). The Bertz CT molecular complexity index is 914. The zero-order valence-electron chi connectivity index (χ0n) is 11.5. The van der Waals surface area contributed by atoms with E-state index in [-0.39, 0.29) is 16.7 Å². The molecule has 0 spiro atoms. The third-order valence-electron chi connectivity index (χ3n) is 3.60. The van der Waals surface area contributed by atoms with Crippen LogP contribution in [0.1, 0.15) is 26.3 Å². The van der Waals surface area contributed by atoms with Gasteiger partial charge in [-0.3, -0.25) is 0 Å². The molecule has 0 fully saturated rings. The summed E-state index contributed by atoms with van der Waals surface area (Å²) in [5.74, 6) is -2.28. The number of fused-ring (bicyclic) bond motifs is 1. The molecule has 2 aromatic carbocycles. The lowest BCUT2D eigenvalue weighted by atomic mass is 9.91. The van der Waals surface area contributed by atoms with Crippen molar-refractivity contribution in [2.45, 2.75) is 6.92 Å². The minimum atomic E-state index is -1.14. The smallest absolute Gasteiger partial charge is 0.336 e. The van der Waals surface area contributed by atoms with E-state index in [1.807, 2.05) is 18.2 Å². The first-order valence-electron chi connectivity index (χ1n) is 6.44. The molecule has 0 atom stereocenters. The van der Waals surface area contributed by atoms with Crippen molar-refractivity contribution < 1.29 is 19.8 Å². The fourth-order valence-corrected chi connectivity index (χ4v) is 3.24. The Balaban J connectivity index is 2.36. The lowest BCUT2D eigenvalue weighted by Crippen LogP contribution is -2.09. The summed E-state index contributed by atoms with van der Waals surface area (Å²) in [4.78, 5) is 22.9. The number of carboxylic acids is 2. The van der Waals surface area contributed by atoms with E-state index in [9.17, 15) is 19.8 Å². The maximum absolute atomic E-state index is 11.7. The van der Waals surface area contributed by atoms with Crippen LogP contribution in [0, 0.1) is 6.92 Å². The highest BCUT2D eigenvalue weighted by Gasteiger charge is 2.21. The number of hydrogen-bond acceptors (Lipinski definition) is 4. The molecule has 0 bridgehead atoms. The second-order valence-electron chi connectivity index (χ2n) is 4.81. The van der Waals surface area contributed by atoms with Gasteiger partial charge in [0.1, 0.15) is 0 Å². The Hall–Kier alpha value is -2.73. The predicted octanol–water partition coefficient (Wildman–Crippen LogP) is 3.67. The number of aromatic carboxylic acids is 2. The highest BCUT2D eigenvalue weighted by atomic mass is 32.1. The maximum Gasteiger partial charge on any atom is 0.336 e. The van der Waals surface area contributed by atoms with Crippen LogP contribution in [0.3, 0.4) is 0 Å². The molecule has 6 heteroatoms. The molecule has 2 N–H and O–H groups in total. The highest BCUT2D eigenvalue weighted by molar-refractivity contribution is 7.13. The van der Waals surface area contributed by atoms with Crippen molar-refractivity contribution in [2.24, 2.45) is 0 Å². The van der Waals surface area contributed by atoms with Gasteiger partial charge in [0.25, 0.3) is 0 Å². The van der Waals surface area contributed by atoms with Crippen molar-refractivity contribution in [1.29, 1.82) is 0 Å². The van der Waals surface area contributed by atoms with Gasteiger partial charge in [-0.25, -0.2) is 9.59 Å². The molecule has 0 aliphatic carbocycles. The molecule has 3 aromatic rings. The summed E-state index contributed by atoms with van der Waals surface area (Å²) in [5.41, 5.74) is 1.50. The summed E-state index contributed by atoms with van der Waals surface area (Å²) in [6.07, 6.45) is 1.70. The van der Waals surface area contributed by atoms with Gasteiger partial charge in [0.05, 0.1) is 15.8 Å². The fraction of sp³-hybridized carbons (Fsp3) is 0.0625. The first-order valence-corrected chi connectivity index (χ1v) is 7.22. The Morgan fingerprint density at radius 2 is 1.82 bits per heavy atom. The number of nitrogens with zero attached hydrogens (tertiary/aromatic N) is 1. The molecule has 1 aromatic heterocycles. The first-order chi connectivity index (χ1) is 10.5. The van der Waals surface area contributed by atoms with E-state index in [1.54, 1.807) is 12.3 Å². The average molecular weight is 313 g/mol. The van der Waals surface area contributed by atoms with Crippen LogP contribution in [0.25, 0.3) is 21.2 Å². The van der Waals surface area contributed by atoms with Gasteiger partial charge in [0.2, 0.25) is 0 Å². The molecule has 22 heavy (non-hydrogen) atoms. The molecule has 0 aliphatic rings. The third-order valence-corrected chi connectivity index (χ3v) is 4.36. The molecule has 5 nitrogen and oxygen atoms in total. The van der Waals surface area contributed by atoms with E-state index in [1.165, 1.54) is 24.5 Å². The third kappa shape index (κ3) is 2.14. The van der Waals surface area contributed by atoms with E-state index in [4.69, 9.17) is 0 Å². The molecule has 0 amide bonds. The summed E-state index contributed by atoms with van der Waals surface area (Å²) in [7, 11) is 0. The number of carboxylic acid groups (broad SMARTS) is 2. The Labute approximate surface area is 129 Å². The largest absolute Gasteiger partial charge is 0.478 e. The van der Waals surface area contributed by atoms with Crippen LogP contribution < -0.4 is 0 Å². The molecule has 1 heterocycles. The molecule has 3 rings (SSSR count). The van der Waals surface area contributed by atoms with Gasteiger partial charge in [-0.05, 0) is 47.3 Å². The van der Waals surface area contributed by atoms with E-state index in [2.05, 4.69) is 4.37 Å². The quantitative estimate of drug-likeness (QED) is 0.770. The second-order valence-corrected chi connectivity index (χ2v) is 5.65. The van der Waals surface area contributed by atoms with Crippen LogP contribution in [-0.4, -0.2) is 26.5 Å². The molecule has 0 radical (unpaired) electrons. The summed E-state index contributed by atoms with van der Waals surface area (Å²) >= 11 is 1.33. The van der Waals surface area contributed by atoms with Crippen LogP contribution in [0.15, 0.2) is 36.5 Å². The van der Waals surface area contributed by atoms with Gasteiger partial charge < -0.3 is 10.2 Å². The van der Waals surface area contributed by atoms with Crippen LogP contribution in [0.2, 0.25) is 0 Å². The van der Waals surface area contributed by atoms with E-state index in [0.29, 0.717) is 5.56 Å². The van der Waals surface area contributed by atoms with Gasteiger partial charge in [-0.2, -0.15) is 4.37 Å². The van der Waals surface area contributed by atoms with Crippen LogP contribution in [0.4, 0.5) is 0 Å². The second kappa shape index (κ2) is 5.23. The molecular weight excluding hydrogens is 302 g/mol. The minimum absolute atomic E-state index is 0.00299. The molecule has 110 valence electrons. The number of rotatable bonds is 3. The normalized spacial score (nSPS) is 10.8. The predicted molar refractivity (Wildman–Crippen MR) is 83.7 cm³/mol. The summed E-state index contributed by atoms with van der Waals surface area (Å²) in [6, 6.07) is 8.56. The van der Waals surface area contributed by atoms with Crippen LogP contribution >= 0.6 is 11.5 Å². The van der Waals surface area contributed by atoms with E-state index < -0.39 is 11.9 Å². The number of carbonyl (C=O) groups is 2. The first kappa shape index (κ1) is 14.2. The van der Waals surface area contributed by atoms with Crippen molar-refractivity contribution in [1.82, 2.24) is 4.37 Å². The van der Waals surface area contributed by atoms with Crippen molar-refractivity contribution in [3.63, 3.8) is 0 Å². The van der Waals surface area contributed by atoms with Crippen molar-refractivity contribution >= 4 is 33.6 Å². The number of aromatic nitrogens is 1. The van der Waals surface area contributed by atoms with Gasteiger partial charge in [-0.1, -0.05) is 18.2 Å². The van der Waals surface area contributed by atoms with Crippen LogP contribution in [-0.2, 0) is 0 Å². The zero-order valence-corrected chi connectivity index (χ0v) is 12.3. The molecule has 0 saturated heterocycles. The minimum Gasteiger partial charge on any atom is -0.478 e. The Morgan fingerprint density at radius 1 is 1.05 bits per heavy atom. The van der Waals surface area contributed by atoms with Gasteiger partial charge in [-0.15, -0.1) is 0 Å². The van der Waals surface area contributed by atoms with Crippen molar-refractivity contribution in [2.75, 3.05) is 0 Å². The summed E-state index contributed by atoms with van der Waals surface area (Å²) < 4.78 is 5.08. The average Bonchev–Trinajstić information content (AvgIpc) is 2.94. The van der Waals surface area contributed by atoms with Gasteiger partial charge in [0, 0.05) is 11.6 Å². The number of benzene rings is 2. The Kier molecular flexibility index (Phi) is 3.38. The lowest BCUT2D eigenvalue weighted by molar-refractivity contribution is 0.0696. The molecular formula is C16H11NO4S. The SMILES string of the molecule is Cc1c(C(=O)O)ccc(-c2cccc3sncc23)c1C(=O)O. The van der Waals surface area contributed by atoms with Crippen LogP contribution in [0.5, 0.6) is 0 Å². The lowest BCUT2D eigenvalue weighted by Gasteiger charge is -2.12. The van der Waals surface area contributed by atoms with Crippen molar-refractivity contribution in [3.8, 4) is 11.1 Å². The van der Waals surface area contributed by atoms with E-state index in [0.717, 1.165) is 15.6 Å².